The summed E-state index contributed by atoms with van der Waals surface area (Å²) in [6.07, 6.45) is 0. The lowest BCUT2D eigenvalue weighted by Crippen LogP contribution is -2.29. The molecule has 3 amide bonds. The van der Waals surface area contributed by atoms with Crippen LogP contribution in [0.25, 0.3) is 0 Å². The lowest BCUT2D eigenvalue weighted by molar-refractivity contribution is 0.0600. The Morgan fingerprint density at radius 1 is 0.675 bits per heavy atom. The summed E-state index contributed by atoms with van der Waals surface area (Å²) < 4.78 is 4.69. The second-order valence-corrected chi connectivity index (χ2v) is 9.49. The number of rotatable bonds is 6. The molecule has 1 saturated heterocycles. The van der Waals surface area contributed by atoms with E-state index in [1.807, 2.05) is 36.4 Å². The Morgan fingerprint density at radius 2 is 1.27 bits per heavy atom. The van der Waals surface area contributed by atoms with Gasteiger partial charge in [0.2, 0.25) is 0 Å². The van der Waals surface area contributed by atoms with E-state index in [1.54, 1.807) is 24.3 Å². The van der Waals surface area contributed by atoms with Crippen LogP contribution in [0.3, 0.4) is 0 Å². The van der Waals surface area contributed by atoms with E-state index in [4.69, 9.17) is 4.74 Å². The SMILES string of the molecule is COC(=O)c1ccc(N2C(=O)c3ccc(C(=O)N4[C@H](C(=O)c5ccccc5)[C@@H]4c4ccccc4)cc3C2=O)cc1. The Hall–Kier alpha value is -5.37. The molecule has 1 fully saturated rings. The van der Waals surface area contributed by atoms with Crippen LogP contribution >= 0.6 is 0 Å². The number of carbonyl (C=O) groups excluding carboxylic acids is 5. The number of amides is 3. The van der Waals surface area contributed by atoms with Gasteiger partial charge in [-0.1, -0.05) is 60.7 Å². The number of hydrogen-bond donors (Lipinski definition) is 0. The van der Waals surface area contributed by atoms with Gasteiger partial charge in [-0.25, -0.2) is 9.69 Å². The average molecular weight is 531 g/mol. The predicted molar refractivity (Wildman–Crippen MR) is 145 cm³/mol. The molecule has 4 aromatic carbocycles. The van der Waals surface area contributed by atoms with Gasteiger partial charge in [-0.2, -0.15) is 0 Å². The molecule has 6 rings (SSSR count). The minimum atomic E-state index is -0.687. The van der Waals surface area contributed by atoms with Gasteiger partial charge in [0, 0.05) is 11.1 Å². The largest absolute Gasteiger partial charge is 0.465 e. The molecule has 0 unspecified atom stereocenters. The number of anilines is 1. The molecule has 2 aliphatic rings. The molecule has 0 aromatic heterocycles. The van der Waals surface area contributed by atoms with E-state index in [2.05, 4.69) is 0 Å². The summed E-state index contributed by atoms with van der Waals surface area (Å²) in [5, 5.41) is 0. The highest BCUT2D eigenvalue weighted by atomic mass is 16.5. The van der Waals surface area contributed by atoms with Crippen LogP contribution in [0.2, 0.25) is 0 Å². The van der Waals surface area contributed by atoms with Crippen molar-refractivity contribution in [3.63, 3.8) is 0 Å². The number of esters is 1. The Morgan fingerprint density at radius 3 is 1.93 bits per heavy atom. The maximum Gasteiger partial charge on any atom is 0.337 e. The molecule has 8 heteroatoms. The van der Waals surface area contributed by atoms with Gasteiger partial charge in [0.25, 0.3) is 17.7 Å². The number of methoxy groups -OCH3 is 1. The molecule has 2 heterocycles. The number of nitrogens with zero attached hydrogens (tertiary/aromatic N) is 2. The topological polar surface area (TPSA) is 101 Å². The summed E-state index contributed by atoms with van der Waals surface area (Å²) in [6, 6.07) is 27.3. The van der Waals surface area contributed by atoms with Crippen LogP contribution in [-0.4, -0.2) is 47.5 Å². The Labute approximate surface area is 229 Å². The molecular weight excluding hydrogens is 508 g/mol. The lowest BCUT2D eigenvalue weighted by atomic mass is 10.0. The number of imide groups is 1. The molecular formula is C32H22N2O6. The number of benzene rings is 4. The van der Waals surface area contributed by atoms with Crippen LogP contribution in [0, 0.1) is 0 Å². The molecule has 0 bridgehead atoms. The molecule has 0 radical (unpaired) electrons. The number of ether oxygens (including phenoxy) is 1. The lowest BCUT2D eigenvalue weighted by Gasteiger charge is -2.14. The molecule has 2 aliphatic heterocycles. The Balaban J connectivity index is 1.30. The van der Waals surface area contributed by atoms with E-state index in [0.29, 0.717) is 5.56 Å². The third kappa shape index (κ3) is 4.06. The van der Waals surface area contributed by atoms with Gasteiger partial charge in [-0.3, -0.25) is 19.2 Å². The number of hydrogen-bond acceptors (Lipinski definition) is 6. The van der Waals surface area contributed by atoms with Crippen molar-refractivity contribution in [1.29, 1.82) is 0 Å². The minimum Gasteiger partial charge on any atom is -0.465 e. The molecule has 0 spiro atoms. The van der Waals surface area contributed by atoms with Gasteiger partial charge in [0.1, 0.15) is 6.04 Å². The molecule has 8 nitrogen and oxygen atoms in total. The first-order valence-electron chi connectivity index (χ1n) is 12.6. The van der Waals surface area contributed by atoms with Gasteiger partial charge in [0.15, 0.2) is 5.78 Å². The van der Waals surface area contributed by atoms with Crippen molar-refractivity contribution in [2.45, 2.75) is 12.1 Å². The zero-order chi connectivity index (χ0) is 28.0. The first-order chi connectivity index (χ1) is 19.4. The normalized spacial score (nSPS) is 17.4. The predicted octanol–water partition coefficient (Wildman–Crippen LogP) is 4.72. The average Bonchev–Trinajstić information content (AvgIpc) is 3.71. The number of Topliss-reactive ketones (excluding diaryl/α,β-unsaturated/α-hetero) is 1. The van der Waals surface area contributed by atoms with E-state index in [0.717, 1.165) is 10.5 Å². The summed E-state index contributed by atoms with van der Waals surface area (Å²) in [5.74, 6) is -2.23. The van der Waals surface area contributed by atoms with Gasteiger partial charge in [0.05, 0.1) is 35.5 Å². The van der Waals surface area contributed by atoms with Crippen LogP contribution in [-0.2, 0) is 4.74 Å². The van der Waals surface area contributed by atoms with Crippen LogP contribution in [0.5, 0.6) is 0 Å². The van der Waals surface area contributed by atoms with Crippen molar-refractivity contribution in [2.75, 3.05) is 12.0 Å². The number of fused-ring (bicyclic) bond motifs is 1. The third-order valence-electron chi connectivity index (χ3n) is 7.19. The van der Waals surface area contributed by atoms with Crippen molar-refractivity contribution in [3.8, 4) is 0 Å². The molecule has 196 valence electrons. The van der Waals surface area contributed by atoms with E-state index in [1.165, 1.54) is 54.5 Å². The zero-order valence-electron chi connectivity index (χ0n) is 21.3. The third-order valence-corrected chi connectivity index (χ3v) is 7.19. The smallest absolute Gasteiger partial charge is 0.337 e. The van der Waals surface area contributed by atoms with E-state index in [-0.39, 0.29) is 33.7 Å². The minimum absolute atomic E-state index is 0.0944. The van der Waals surface area contributed by atoms with Gasteiger partial charge >= 0.3 is 5.97 Å². The molecule has 0 saturated carbocycles. The Kier molecular flexibility index (Phi) is 6.07. The van der Waals surface area contributed by atoms with Crippen LogP contribution in [0.15, 0.2) is 103 Å². The fourth-order valence-corrected chi connectivity index (χ4v) is 5.14. The molecule has 40 heavy (non-hydrogen) atoms. The fraction of sp³-hybridized carbons (Fsp3) is 0.0938. The van der Waals surface area contributed by atoms with Crippen molar-refractivity contribution < 1.29 is 28.7 Å². The van der Waals surface area contributed by atoms with Crippen LogP contribution in [0.1, 0.15) is 63.4 Å². The van der Waals surface area contributed by atoms with Crippen LogP contribution in [0.4, 0.5) is 5.69 Å². The molecule has 0 N–H and O–H groups in total. The van der Waals surface area contributed by atoms with Gasteiger partial charge in [-0.05, 0) is 48.0 Å². The summed E-state index contributed by atoms with van der Waals surface area (Å²) in [6.45, 7) is 0. The van der Waals surface area contributed by atoms with Crippen molar-refractivity contribution in [1.82, 2.24) is 4.90 Å². The van der Waals surface area contributed by atoms with E-state index in [9.17, 15) is 24.0 Å². The summed E-state index contributed by atoms with van der Waals surface area (Å²) in [4.78, 5) is 67.8. The molecule has 2 atom stereocenters. The quantitative estimate of drug-likeness (QED) is 0.155. The van der Waals surface area contributed by atoms with Crippen molar-refractivity contribution in [3.05, 3.63) is 137 Å². The fourth-order valence-electron chi connectivity index (χ4n) is 5.14. The monoisotopic (exact) mass is 530 g/mol. The first-order valence-corrected chi connectivity index (χ1v) is 12.6. The van der Waals surface area contributed by atoms with Crippen molar-refractivity contribution >= 4 is 35.2 Å². The van der Waals surface area contributed by atoms with Gasteiger partial charge < -0.3 is 9.64 Å². The van der Waals surface area contributed by atoms with Gasteiger partial charge in [-0.15, -0.1) is 0 Å². The maximum atomic E-state index is 13.7. The maximum absolute atomic E-state index is 13.7. The highest BCUT2D eigenvalue weighted by Gasteiger charge is 2.56. The second kappa shape index (κ2) is 9.74. The molecule has 0 aliphatic carbocycles. The van der Waals surface area contributed by atoms with E-state index >= 15 is 0 Å². The number of carbonyl (C=O) groups is 5. The Bertz CT molecular complexity index is 1680. The highest BCUT2D eigenvalue weighted by molar-refractivity contribution is 6.34. The highest BCUT2D eigenvalue weighted by Crippen LogP contribution is 2.46. The standard InChI is InChI=1S/C32H22N2O6/c1-40-32(39)21-12-15-23(16-13-21)33-30(37)24-17-14-22(18-25(24)31(33)38)29(36)34-26(19-8-4-2-5-9-19)27(34)28(35)20-10-6-3-7-11-20/h2-18,26-27H,1H3/t26-,27-,34?/m0/s1. The second-order valence-electron chi connectivity index (χ2n) is 9.49. The van der Waals surface area contributed by atoms with Crippen LogP contribution < -0.4 is 4.90 Å². The summed E-state index contributed by atoms with van der Waals surface area (Å²) in [5.41, 5.74) is 2.37. The molecule has 4 aromatic rings. The van der Waals surface area contributed by atoms with Crippen molar-refractivity contribution in [2.24, 2.45) is 0 Å². The summed E-state index contributed by atoms with van der Waals surface area (Å²) >= 11 is 0. The first kappa shape index (κ1) is 24.9. The zero-order valence-corrected chi connectivity index (χ0v) is 21.3. The summed E-state index contributed by atoms with van der Waals surface area (Å²) in [7, 11) is 1.26. The van der Waals surface area contributed by atoms with E-state index < -0.39 is 35.8 Å². The number of ketones is 1.